The van der Waals surface area contributed by atoms with Crippen LogP contribution in [-0.2, 0) is 14.3 Å². The number of morpholine rings is 1. The zero-order valence-corrected chi connectivity index (χ0v) is 16.2. The zero-order valence-electron chi connectivity index (χ0n) is 16.2. The molecule has 1 aromatic carbocycles. The molecule has 2 fully saturated rings. The molecule has 0 spiro atoms. The minimum atomic E-state index is -0.840. The highest BCUT2D eigenvalue weighted by molar-refractivity contribution is 5.97. The van der Waals surface area contributed by atoms with Gasteiger partial charge in [0, 0.05) is 30.2 Å². The Bertz CT molecular complexity index is 853. The lowest BCUT2D eigenvalue weighted by Gasteiger charge is -2.30. The van der Waals surface area contributed by atoms with E-state index in [2.05, 4.69) is 34.3 Å². The van der Waals surface area contributed by atoms with E-state index in [1.165, 1.54) is 7.11 Å². The first-order chi connectivity index (χ1) is 14.1. The van der Waals surface area contributed by atoms with E-state index < -0.39 is 12.0 Å². The van der Waals surface area contributed by atoms with Gasteiger partial charge in [0.2, 0.25) is 0 Å². The number of carbonyl (C=O) groups excluding carboxylic acids is 2. The summed E-state index contributed by atoms with van der Waals surface area (Å²) >= 11 is 0. The Kier molecular flexibility index (Phi) is 7.26. The number of ether oxygens (including phenoxy) is 2. The van der Waals surface area contributed by atoms with Crippen LogP contribution in [0, 0.1) is 35.5 Å². The standard InChI is InChI=1S/C22H24N2O5/c1-28-22(27)20(19-14-29-11-10-23-19)24-21(26)16-8-6-15(7-9-16)4-2-3-5-17-12-18(17)13-25/h6-9,17-20,23,25H,10-14H2,1H3,(H,24,26). The number of nitrogens with one attached hydrogen (secondary N) is 2. The molecule has 1 amide bonds. The summed E-state index contributed by atoms with van der Waals surface area (Å²) in [6.07, 6.45) is 0.935. The van der Waals surface area contributed by atoms with Crippen LogP contribution >= 0.6 is 0 Å². The summed E-state index contributed by atoms with van der Waals surface area (Å²) in [7, 11) is 1.29. The molecule has 3 N–H and O–H groups in total. The molecule has 4 unspecified atom stereocenters. The van der Waals surface area contributed by atoms with Crippen LogP contribution in [0.25, 0.3) is 0 Å². The second kappa shape index (κ2) is 10.1. The van der Waals surface area contributed by atoms with Crippen molar-refractivity contribution < 1.29 is 24.2 Å². The molecule has 7 nitrogen and oxygen atoms in total. The number of aliphatic hydroxyl groups excluding tert-OH is 1. The van der Waals surface area contributed by atoms with Crippen molar-refractivity contribution >= 4 is 11.9 Å². The molecule has 1 saturated heterocycles. The van der Waals surface area contributed by atoms with E-state index in [0.29, 0.717) is 31.2 Å². The number of hydrogen-bond acceptors (Lipinski definition) is 6. The lowest BCUT2D eigenvalue weighted by Crippen LogP contribution is -2.59. The smallest absolute Gasteiger partial charge is 0.330 e. The molecule has 152 valence electrons. The van der Waals surface area contributed by atoms with E-state index in [1.54, 1.807) is 24.3 Å². The number of esters is 1. The van der Waals surface area contributed by atoms with E-state index in [1.807, 2.05) is 0 Å². The van der Waals surface area contributed by atoms with Crippen molar-refractivity contribution in [3.63, 3.8) is 0 Å². The minimum Gasteiger partial charge on any atom is -0.467 e. The Morgan fingerprint density at radius 1 is 1.34 bits per heavy atom. The van der Waals surface area contributed by atoms with Crippen LogP contribution in [0.5, 0.6) is 0 Å². The van der Waals surface area contributed by atoms with Crippen molar-refractivity contribution in [3.8, 4) is 23.7 Å². The molecule has 0 bridgehead atoms. The molecule has 1 saturated carbocycles. The first kappa shape index (κ1) is 20.9. The van der Waals surface area contributed by atoms with Gasteiger partial charge in [-0.2, -0.15) is 0 Å². The Labute approximate surface area is 170 Å². The Morgan fingerprint density at radius 3 is 2.76 bits per heavy atom. The van der Waals surface area contributed by atoms with Gasteiger partial charge in [0.05, 0.1) is 26.4 Å². The highest BCUT2D eigenvalue weighted by Crippen LogP contribution is 2.36. The number of carbonyl (C=O) groups is 2. The van der Waals surface area contributed by atoms with Crippen molar-refractivity contribution in [3.05, 3.63) is 35.4 Å². The monoisotopic (exact) mass is 396 g/mol. The summed E-state index contributed by atoms with van der Waals surface area (Å²) < 4.78 is 10.2. The van der Waals surface area contributed by atoms with Crippen molar-refractivity contribution in [2.45, 2.75) is 18.5 Å². The summed E-state index contributed by atoms with van der Waals surface area (Å²) in [6.45, 7) is 1.66. The van der Waals surface area contributed by atoms with Gasteiger partial charge < -0.3 is 25.2 Å². The van der Waals surface area contributed by atoms with E-state index in [0.717, 1.165) is 12.0 Å². The average molecular weight is 396 g/mol. The van der Waals surface area contributed by atoms with Crippen LogP contribution in [0.3, 0.4) is 0 Å². The molecule has 4 atom stereocenters. The maximum Gasteiger partial charge on any atom is 0.330 e. The van der Waals surface area contributed by atoms with Gasteiger partial charge in [0.1, 0.15) is 6.04 Å². The molecular weight excluding hydrogens is 372 g/mol. The predicted octanol–water partition coefficient (Wildman–Crippen LogP) is -0.0703. The fourth-order valence-electron chi connectivity index (χ4n) is 3.04. The topological polar surface area (TPSA) is 96.9 Å². The maximum absolute atomic E-state index is 12.6. The van der Waals surface area contributed by atoms with Gasteiger partial charge in [0.25, 0.3) is 5.91 Å². The number of aliphatic hydroxyl groups is 1. The fourth-order valence-corrected chi connectivity index (χ4v) is 3.04. The van der Waals surface area contributed by atoms with Crippen LogP contribution in [0.15, 0.2) is 24.3 Å². The number of methoxy groups -OCH3 is 1. The number of rotatable bonds is 5. The lowest BCUT2D eigenvalue weighted by atomic mass is 10.1. The third kappa shape index (κ3) is 5.82. The highest BCUT2D eigenvalue weighted by Gasteiger charge is 2.34. The van der Waals surface area contributed by atoms with E-state index in [4.69, 9.17) is 14.6 Å². The first-order valence-corrected chi connectivity index (χ1v) is 9.54. The van der Waals surface area contributed by atoms with Crippen LogP contribution in [0.4, 0.5) is 0 Å². The Morgan fingerprint density at radius 2 is 2.14 bits per heavy atom. The number of hydrogen-bond donors (Lipinski definition) is 3. The summed E-state index contributed by atoms with van der Waals surface area (Å²) in [4.78, 5) is 24.7. The quantitative estimate of drug-likeness (QED) is 0.476. The molecule has 2 aliphatic rings. The summed E-state index contributed by atoms with van der Waals surface area (Å²) in [5.74, 6) is 11.2. The second-order valence-electron chi connectivity index (χ2n) is 6.99. The van der Waals surface area contributed by atoms with Crippen LogP contribution in [0.1, 0.15) is 22.3 Å². The van der Waals surface area contributed by atoms with Crippen molar-refractivity contribution in [2.75, 3.05) is 33.5 Å². The summed E-state index contributed by atoms with van der Waals surface area (Å²) in [5, 5.41) is 14.9. The van der Waals surface area contributed by atoms with E-state index in [-0.39, 0.29) is 24.5 Å². The third-order valence-electron chi connectivity index (χ3n) is 4.93. The molecule has 1 heterocycles. The normalized spacial score (nSPS) is 23.4. The van der Waals surface area contributed by atoms with Gasteiger partial charge in [-0.1, -0.05) is 11.8 Å². The van der Waals surface area contributed by atoms with E-state index >= 15 is 0 Å². The van der Waals surface area contributed by atoms with Crippen LogP contribution < -0.4 is 10.6 Å². The fraction of sp³-hybridized carbons (Fsp3) is 0.455. The van der Waals surface area contributed by atoms with Gasteiger partial charge in [-0.05, 0) is 48.4 Å². The van der Waals surface area contributed by atoms with Crippen molar-refractivity contribution in [2.24, 2.45) is 11.8 Å². The Balaban J connectivity index is 1.59. The molecule has 0 aromatic heterocycles. The maximum atomic E-state index is 12.6. The number of amides is 1. The second-order valence-corrected chi connectivity index (χ2v) is 6.99. The van der Waals surface area contributed by atoms with Gasteiger partial charge in [-0.3, -0.25) is 4.79 Å². The molecule has 1 aliphatic carbocycles. The Hall–Kier alpha value is -2.84. The van der Waals surface area contributed by atoms with Crippen molar-refractivity contribution in [1.29, 1.82) is 0 Å². The zero-order chi connectivity index (χ0) is 20.6. The third-order valence-corrected chi connectivity index (χ3v) is 4.93. The number of benzene rings is 1. The molecule has 1 aromatic rings. The molecular formula is C22H24N2O5. The average Bonchev–Trinajstić information content (AvgIpc) is 3.54. The van der Waals surface area contributed by atoms with Gasteiger partial charge in [0.15, 0.2) is 0 Å². The lowest BCUT2D eigenvalue weighted by molar-refractivity contribution is -0.144. The first-order valence-electron chi connectivity index (χ1n) is 9.54. The highest BCUT2D eigenvalue weighted by atomic mass is 16.5. The molecule has 0 radical (unpaired) electrons. The largest absolute Gasteiger partial charge is 0.467 e. The molecule has 29 heavy (non-hydrogen) atoms. The summed E-state index contributed by atoms with van der Waals surface area (Å²) in [5.41, 5.74) is 1.15. The molecule has 3 rings (SSSR count). The van der Waals surface area contributed by atoms with Crippen molar-refractivity contribution in [1.82, 2.24) is 10.6 Å². The van der Waals surface area contributed by atoms with Gasteiger partial charge >= 0.3 is 5.97 Å². The molecule has 7 heteroatoms. The summed E-state index contributed by atoms with van der Waals surface area (Å²) in [6, 6.07) is 5.57. The van der Waals surface area contributed by atoms with Gasteiger partial charge in [-0.15, -0.1) is 0 Å². The van der Waals surface area contributed by atoms with Crippen LogP contribution in [-0.4, -0.2) is 62.5 Å². The minimum absolute atomic E-state index is 0.178. The SMILES string of the molecule is COC(=O)C(NC(=O)c1ccc(C#CC#CC2CC2CO)cc1)C1COCCN1. The van der Waals surface area contributed by atoms with Crippen LogP contribution in [0.2, 0.25) is 0 Å². The molecule has 1 aliphatic heterocycles. The predicted molar refractivity (Wildman–Crippen MR) is 106 cm³/mol. The van der Waals surface area contributed by atoms with E-state index in [9.17, 15) is 9.59 Å². The van der Waals surface area contributed by atoms with Gasteiger partial charge in [-0.25, -0.2) is 4.79 Å².